The molecule has 0 atom stereocenters. The zero-order valence-electron chi connectivity index (χ0n) is 11.3. The number of aryl methyl sites for hydroxylation is 2. The highest BCUT2D eigenvalue weighted by molar-refractivity contribution is 6.30. The van der Waals surface area contributed by atoms with E-state index in [9.17, 15) is 9.90 Å². The maximum absolute atomic E-state index is 11.8. The van der Waals surface area contributed by atoms with Gasteiger partial charge < -0.3 is 10.1 Å². The summed E-state index contributed by atoms with van der Waals surface area (Å²) in [5.74, 6) is 0.104. The number of hydrogen-bond donors (Lipinski definition) is 2. The zero-order valence-corrected chi connectivity index (χ0v) is 12.0. The molecule has 2 aromatic rings. The molecule has 2 N–H and O–H groups in total. The van der Waals surface area contributed by atoms with Crippen LogP contribution in [0.5, 0.6) is 5.75 Å². The summed E-state index contributed by atoms with van der Waals surface area (Å²) in [6.07, 6.45) is 1.51. The zero-order chi connectivity index (χ0) is 14.7. The molecule has 20 heavy (non-hydrogen) atoms. The number of aliphatic imine (C=N–C) groups is 1. The Morgan fingerprint density at radius 2 is 2.10 bits per heavy atom. The van der Waals surface area contributed by atoms with Crippen LogP contribution in [0.1, 0.15) is 22.4 Å². The molecule has 1 aromatic carbocycles. The van der Waals surface area contributed by atoms with E-state index in [1.54, 1.807) is 12.1 Å². The van der Waals surface area contributed by atoms with Crippen molar-refractivity contribution >= 4 is 17.8 Å². The first-order valence-electron chi connectivity index (χ1n) is 6.15. The monoisotopic (exact) mass is 290 g/mol. The maximum atomic E-state index is 11.8. The van der Waals surface area contributed by atoms with Crippen LogP contribution in [0.25, 0.3) is 0 Å². The quantitative estimate of drug-likeness (QED) is 0.854. The van der Waals surface area contributed by atoms with E-state index in [4.69, 9.17) is 11.6 Å². The smallest absolute Gasteiger partial charge is 0.253 e. The van der Waals surface area contributed by atoms with E-state index in [1.165, 1.54) is 12.3 Å². The van der Waals surface area contributed by atoms with Crippen molar-refractivity contribution in [1.29, 1.82) is 0 Å². The Balaban J connectivity index is 2.23. The summed E-state index contributed by atoms with van der Waals surface area (Å²) >= 11 is 5.85. The van der Waals surface area contributed by atoms with Crippen molar-refractivity contribution < 1.29 is 5.11 Å². The molecule has 0 bridgehead atoms. The first-order valence-corrected chi connectivity index (χ1v) is 6.53. The topological polar surface area (TPSA) is 65.5 Å². The third kappa shape index (κ3) is 3.27. The molecule has 1 aromatic heterocycles. The predicted octanol–water partition coefficient (Wildman–Crippen LogP) is 2.97. The summed E-state index contributed by atoms with van der Waals surface area (Å²) in [6, 6.07) is 6.63. The number of nitrogens with zero attached hydrogens (tertiary/aromatic N) is 1. The van der Waals surface area contributed by atoms with Crippen molar-refractivity contribution in [1.82, 2.24) is 4.98 Å². The third-order valence-electron chi connectivity index (χ3n) is 2.96. The van der Waals surface area contributed by atoms with Crippen molar-refractivity contribution in [3.05, 3.63) is 62.0 Å². The molecule has 4 nitrogen and oxygen atoms in total. The molecule has 1 heterocycles. The fourth-order valence-electron chi connectivity index (χ4n) is 1.94. The molecule has 5 heteroatoms. The van der Waals surface area contributed by atoms with Gasteiger partial charge in [0.2, 0.25) is 0 Å². The highest BCUT2D eigenvalue weighted by Gasteiger charge is 2.04. The molecule has 0 aliphatic heterocycles. The van der Waals surface area contributed by atoms with Crippen LogP contribution in [0.4, 0.5) is 0 Å². The molecule has 0 amide bonds. The predicted molar refractivity (Wildman–Crippen MR) is 81.0 cm³/mol. The average Bonchev–Trinajstić information content (AvgIpc) is 2.36. The molecular formula is C15H15ClN2O2. The van der Waals surface area contributed by atoms with E-state index in [-0.39, 0.29) is 17.9 Å². The first kappa shape index (κ1) is 14.3. The highest BCUT2D eigenvalue weighted by Crippen LogP contribution is 2.19. The molecule has 0 saturated carbocycles. The Kier molecular flexibility index (Phi) is 4.25. The Morgan fingerprint density at radius 1 is 1.35 bits per heavy atom. The number of aromatic nitrogens is 1. The van der Waals surface area contributed by atoms with Gasteiger partial charge >= 0.3 is 0 Å². The number of aromatic hydroxyl groups is 1. The van der Waals surface area contributed by atoms with E-state index < -0.39 is 0 Å². The van der Waals surface area contributed by atoms with Gasteiger partial charge in [0.25, 0.3) is 5.56 Å². The number of hydrogen-bond acceptors (Lipinski definition) is 3. The lowest BCUT2D eigenvalue weighted by atomic mass is 10.1. The summed E-state index contributed by atoms with van der Waals surface area (Å²) in [4.78, 5) is 18.8. The fraction of sp³-hybridized carbons (Fsp3) is 0.200. The molecule has 0 aliphatic rings. The second-order valence-electron chi connectivity index (χ2n) is 4.62. The minimum Gasteiger partial charge on any atom is -0.507 e. The molecule has 0 fully saturated rings. The van der Waals surface area contributed by atoms with E-state index in [0.717, 1.165) is 11.3 Å². The summed E-state index contributed by atoms with van der Waals surface area (Å²) in [5.41, 5.74) is 2.74. The molecule has 2 rings (SSSR count). The van der Waals surface area contributed by atoms with Crippen LogP contribution in [-0.4, -0.2) is 16.3 Å². The van der Waals surface area contributed by atoms with Gasteiger partial charge in [0.1, 0.15) is 5.75 Å². The second kappa shape index (κ2) is 5.92. The van der Waals surface area contributed by atoms with Crippen molar-refractivity contribution in [2.75, 3.05) is 0 Å². The number of nitrogens with one attached hydrogen (secondary N) is 1. The van der Waals surface area contributed by atoms with Crippen LogP contribution < -0.4 is 5.56 Å². The SMILES string of the molecule is Cc1cc(C)c(CN=Cc2cc(Cl)ccc2O)c(=O)[nH]1. The Morgan fingerprint density at radius 3 is 2.80 bits per heavy atom. The van der Waals surface area contributed by atoms with Gasteiger partial charge in [-0.2, -0.15) is 0 Å². The van der Waals surface area contributed by atoms with Crippen LogP contribution in [0.2, 0.25) is 5.02 Å². The summed E-state index contributed by atoms with van der Waals surface area (Å²) in [7, 11) is 0. The number of pyridine rings is 1. The van der Waals surface area contributed by atoms with Gasteiger partial charge in [-0.25, -0.2) is 0 Å². The molecule has 0 saturated heterocycles. The standard InChI is InChI=1S/C15H15ClN2O2/c1-9-5-10(2)18-15(20)13(9)8-17-7-11-6-12(16)3-4-14(11)19/h3-7,19H,8H2,1-2H3,(H,18,20). The molecule has 0 aliphatic carbocycles. The molecular weight excluding hydrogens is 276 g/mol. The number of phenolic OH excluding ortho intramolecular Hbond substituents is 1. The molecule has 0 radical (unpaired) electrons. The van der Waals surface area contributed by atoms with Gasteiger partial charge in [0.15, 0.2) is 0 Å². The Labute approximate surface area is 121 Å². The average molecular weight is 291 g/mol. The van der Waals surface area contributed by atoms with Gasteiger partial charge in [-0.1, -0.05) is 11.6 Å². The van der Waals surface area contributed by atoms with Crippen LogP contribution in [0.15, 0.2) is 34.1 Å². The first-order chi connectivity index (χ1) is 9.47. The largest absolute Gasteiger partial charge is 0.507 e. The number of aromatic amines is 1. The van der Waals surface area contributed by atoms with Crippen molar-refractivity contribution in [3.63, 3.8) is 0 Å². The lowest BCUT2D eigenvalue weighted by Crippen LogP contribution is -2.15. The number of rotatable bonds is 3. The van der Waals surface area contributed by atoms with Gasteiger partial charge in [-0.05, 0) is 43.7 Å². The number of benzene rings is 1. The van der Waals surface area contributed by atoms with Crippen LogP contribution in [0, 0.1) is 13.8 Å². The minimum absolute atomic E-state index is 0.104. The van der Waals surface area contributed by atoms with E-state index in [2.05, 4.69) is 9.98 Å². The molecule has 104 valence electrons. The van der Waals surface area contributed by atoms with Gasteiger partial charge in [-0.15, -0.1) is 0 Å². The van der Waals surface area contributed by atoms with Crippen LogP contribution in [-0.2, 0) is 6.54 Å². The second-order valence-corrected chi connectivity index (χ2v) is 5.05. The summed E-state index contributed by atoms with van der Waals surface area (Å²) < 4.78 is 0. The maximum Gasteiger partial charge on any atom is 0.253 e. The van der Waals surface area contributed by atoms with Crippen molar-refractivity contribution in [2.45, 2.75) is 20.4 Å². The fourth-order valence-corrected chi connectivity index (χ4v) is 2.12. The van der Waals surface area contributed by atoms with Crippen molar-refractivity contribution in [2.24, 2.45) is 4.99 Å². The van der Waals surface area contributed by atoms with Crippen LogP contribution >= 0.6 is 11.6 Å². The number of H-pyrrole nitrogens is 1. The molecule has 0 spiro atoms. The lowest BCUT2D eigenvalue weighted by Gasteiger charge is -2.03. The minimum atomic E-state index is -0.130. The van der Waals surface area contributed by atoms with E-state index >= 15 is 0 Å². The Hall–Kier alpha value is -2.07. The lowest BCUT2D eigenvalue weighted by molar-refractivity contribution is 0.474. The van der Waals surface area contributed by atoms with Gasteiger partial charge in [-0.3, -0.25) is 9.79 Å². The number of phenols is 1. The van der Waals surface area contributed by atoms with Gasteiger partial charge in [0, 0.05) is 28.1 Å². The third-order valence-corrected chi connectivity index (χ3v) is 3.20. The molecule has 0 unspecified atom stereocenters. The van der Waals surface area contributed by atoms with Crippen molar-refractivity contribution in [3.8, 4) is 5.75 Å². The summed E-state index contributed by atoms with van der Waals surface area (Å²) in [6.45, 7) is 3.98. The van der Waals surface area contributed by atoms with E-state index in [0.29, 0.717) is 16.1 Å². The van der Waals surface area contributed by atoms with Gasteiger partial charge in [0.05, 0.1) is 6.54 Å². The summed E-state index contributed by atoms with van der Waals surface area (Å²) in [5, 5.41) is 10.2. The number of halogens is 1. The normalized spacial score (nSPS) is 11.2. The Bertz CT molecular complexity index is 720. The highest BCUT2D eigenvalue weighted by atomic mass is 35.5. The van der Waals surface area contributed by atoms with Crippen LogP contribution in [0.3, 0.4) is 0 Å². The van der Waals surface area contributed by atoms with E-state index in [1.807, 2.05) is 19.9 Å².